The molecular formula is C24H36N4O. The summed E-state index contributed by atoms with van der Waals surface area (Å²) in [5.74, 6) is 0.539. The van der Waals surface area contributed by atoms with E-state index < -0.39 is 0 Å². The molecule has 5 nitrogen and oxygen atoms in total. The van der Waals surface area contributed by atoms with E-state index in [-0.39, 0.29) is 5.92 Å². The van der Waals surface area contributed by atoms with E-state index in [4.69, 9.17) is 5.26 Å². The maximum absolute atomic E-state index is 13.0. The largest absolute Gasteiger partial charge is 0.371 e. The predicted molar refractivity (Wildman–Crippen MR) is 118 cm³/mol. The van der Waals surface area contributed by atoms with Crippen molar-refractivity contribution in [2.75, 3.05) is 37.6 Å². The van der Waals surface area contributed by atoms with Crippen LogP contribution in [0.3, 0.4) is 0 Å². The molecule has 29 heavy (non-hydrogen) atoms. The fourth-order valence-electron chi connectivity index (χ4n) is 4.82. The minimum Gasteiger partial charge on any atom is -0.371 e. The van der Waals surface area contributed by atoms with Gasteiger partial charge in [0.25, 0.3) is 0 Å². The molecule has 1 saturated carbocycles. The van der Waals surface area contributed by atoms with Gasteiger partial charge in [-0.05, 0) is 56.9 Å². The van der Waals surface area contributed by atoms with Crippen molar-refractivity contribution < 1.29 is 4.79 Å². The lowest BCUT2D eigenvalue weighted by molar-refractivity contribution is -0.140. The van der Waals surface area contributed by atoms with Gasteiger partial charge in [-0.25, -0.2) is 0 Å². The van der Waals surface area contributed by atoms with E-state index in [9.17, 15) is 4.79 Å². The minimum absolute atomic E-state index is 0.169. The molecule has 0 radical (unpaired) electrons. The minimum atomic E-state index is 0.169. The van der Waals surface area contributed by atoms with Gasteiger partial charge in [-0.3, -0.25) is 9.69 Å². The molecule has 0 aromatic heterocycles. The van der Waals surface area contributed by atoms with Gasteiger partial charge in [0, 0.05) is 56.4 Å². The van der Waals surface area contributed by atoms with Crippen molar-refractivity contribution in [1.82, 2.24) is 9.80 Å². The Balaban J connectivity index is 0.00000117. The summed E-state index contributed by atoms with van der Waals surface area (Å²) in [6.07, 6.45) is 5.90. The molecule has 1 atom stereocenters. The monoisotopic (exact) mass is 396 g/mol. The van der Waals surface area contributed by atoms with Gasteiger partial charge in [0.05, 0.1) is 11.6 Å². The number of benzene rings is 1. The molecule has 1 aromatic carbocycles. The van der Waals surface area contributed by atoms with Crippen LogP contribution in [0.1, 0.15) is 58.4 Å². The third-order valence-corrected chi connectivity index (χ3v) is 6.74. The maximum Gasteiger partial charge on any atom is 0.225 e. The number of carbonyl (C=O) groups excluding carboxylic acids is 1. The smallest absolute Gasteiger partial charge is 0.225 e. The van der Waals surface area contributed by atoms with E-state index >= 15 is 0 Å². The van der Waals surface area contributed by atoms with Crippen LogP contribution >= 0.6 is 0 Å². The van der Waals surface area contributed by atoms with Crippen LogP contribution in [0, 0.1) is 17.2 Å². The number of hydrogen-bond donors (Lipinski definition) is 0. The standard InChI is InChI=1S/C22H30N4O.C2H6/c1-17-16-25(13-14-26(17)21-3-2-4-21)22(27)19-9-11-24(12-10-19)20-7-5-18(15-23)6-8-20;1-2/h5-8,17,19,21H,2-4,9-14,16H2,1H3;1-2H3/t17-;/m0./s1. The van der Waals surface area contributed by atoms with Gasteiger partial charge >= 0.3 is 0 Å². The number of hydrogen-bond acceptors (Lipinski definition) is 4. The second kappa shape index (κ2) is 10.1. The molecule has 4 rings (SSSR count). The second-order valence-electron chi connectivity index (χ2n) is 8.38. The zero-order valence-corrected chi connectivity index (χ0v) is 18.3. The van der Waals surface area contributed by atoms with Gasteiger partial charge in [-0.1, -0.05) is 20.3 Å². The Morgan fingerprint density at radius 1 is 1.00 bits per heavy atom. The van der Waals surface area contributed by atoms with Crippen molar-refractivity contribution in [1.29, 1.82) is 5.26 Å². The topological polar surface area (TPSA) is 50.6 Å². The molecule has 3 fully saturated rings. The SMILES string of the molecule is CC.C[C@H]1CN(C(=O)C2CCN(c3ccc(C#N)cc3)CC2)CCN1C1CCC1. The number of anilines is 1. The lowest BCUT2D eigenvalue weighted by Crippen LogP contribution is -2.59. The van der Waals surface area contributed by atoms with Gasteiger partial charge in [0.1, 0.15) is 0 Å². The lowest BCUT2D eigenvalue weighted by atomic mass is 9.89. The Hall–Kier alpha value is -2.06. The second-order valence-corrected chi connectivity index (χ2v) is 8.38. The van der Waals surface area contributed by atoms with E-state index in [1.165, 1.54) is 19.3 Å². The van der Waals surface area contributed by atoms with E-state index in [0.717, 1.165) is 57.3 Å². The summed E-state index contributed by atoms with van der Waals surface area (Å²) in [6.45, 7) is 11.0. The third kappa shape index (κ3) is 4.93. The summed E-state index contributed by atoms with van der Waals surface area (Å²) < 4.78 is 0. The first-order valence-electron chi connectivity index (χ1n) is 11.5. The highest BCUT2D eigenvalue weighted by Gasteiger charge is 2.36. The Kier molecular flexibility index (Phi) is 7.55. The van der Waals surface area contributed by atoms with Gasteiger partial charge in [0.2, 0.25) is 5.91 Å². The van der Waals surface area contributed by atoms with E-state index in [2.05, 4.69) is 27.7 Å². The van der Waals surface area contributed by atoms with Crippen LogP contribution in [0.5, 0.6) is 0 Å². The van der Waals surface area contributed by atoms with E-state index in [1.807, 2.05) is 38.1 Å². The molecule has 2 saturated heterocycles. The van der Waals surface area contributed by atoms with Gasteiger partial charge in [0.15, 0.2) is 0 Å². The Morgan fingerprint density at radius 2 is 1.66 bits per heavy atom. The summed E-state index contributed by atoms with van der Waals surface area (Å²) >= 11 is 0. The van der Waals surface area contributed by atoms with Crippen LogP contribution in [0.4, 0.5) is 5.69 Å². The summed E-state index contributed by atoms with van der Waals surface area (Å²) in [5, 5.41) is 8.93. The first-order valence-corrected chi connectivity index (χ1v) is 11.5. The van der Waals surface area contributed by atoms with Crippen molar-refractivity contribution in [3.8, 4) is 6.07 Å². The van der Waals surface area contributed by atoms with Gasteiger partial charge in [-0.2, -0.15) is 5.26 Å². The highest BCUT2D eigenvalue weighted by molar-refractivity contribution is 5.79. The average molecular weight is 397 g/mol. The number of nitrogens with zero attached hydrogens (tertiary/aromatic N) is 4. The molecule has 5 heteroatoms. The molecular weight excluding hydrogens is 360 g/mol. The molecule has 0 unspecified atom stereocenters. The molecule has 0 N–H and O–H groups in total. The number of nitriles is 1. The Labute approximate surface area is 176 Å². The number of carbonyl (C=O) groups is 1. The van der Waals surface area contributed by atoms with Crippen molar-refractivity contribution in [3.63, 3.8) is 0 Å². The van der Waals surface area contributed by atoms with Crippen LogP contribution in [-0.2, 0) is 4.79 Å². The number of piperazine rings is 1. The maximum atomic E-state index is 13.0. The van der Waals surface area contributed by atoms with Crippen molar-refractivity contribution in [2.45, 2.75) is 65.0 Å². The number of rotatable bonds is 3. The Morgan fingerprint density at radius 3 is 2.17 bits per heavy atom. The molecule has 1 aliphatic carbocycles. The average Bonchev–Trinajstić information content (AvgIpc) is 2.75. The lowest BCUT2D eigenvalue weighted by Gasteiger charge is -2.47. The van der Waals surface area contributed by atoms with Crippen LogP contribution in [0.25, 0.3) is 0 Å². The van der Waals surface area contributed by atoms with Crippen molar-refractivity contribution in [3.05, 3.63) is 29.8 Å². The van der Waals surface area contributed by atoms with Crippen LogP contribution < -0.4 is 4.90 Å². The zero-order chi connectivity index (χ0) is 20.8. The summed E-state index contributed by atoms with van der Waals surface area (Å²) in [4.78, 5) is 20.1. The molecule has 1 amide bonds. The molecule has 158 valence electrons. The van der Waals surface area contributed by atoms with Crippen molar-refractivity contribution in [2.24, 2.45) is 5.92 Å². The van der Waals surface area contributed by atoms with Crippen LogP contribution in [0.2, 0.25) is 0 Å². The Bertz CT molecular complexity index is 699. The molecule has 2 aliphatic heterocycles. The normalized spacial score (nSPS) is 23.6. The molecule has 2 heterocycles. The highest BCUT2D eigenvalue weighted by Crippen LogP contribution is 2.30. The molecule has 1 aromatic rings. The van der Waals surface area contributed by atoms with Gasteiger partial charge in [-0.15, -0.1) is 0 Å². The highest BCUT2D eigenvalue weighted by atomic mass is 16.2. The fraction of sp³-hybridized carbons (Fsp3) is 0.667. The summed E-state index contributed by atoms with van der Waals surface area (Å²) in [5.41, 5.74) is 1.85. The van der Waals surface area contributed by atoms with Gasteiger partial charge < -0.3 is 9.80 Å². The van der Waals surface area contributed by atoms with E-state index in [1.54, 1.807) is 0 Å². The van der Waals surface area contributed by atoms with Crippen LogP contribution in [-0.4, -0.2) is 60.5 Å². The molecule has 3 aliphatic rings. The first-order chi connectivity index (χ1) is 14.2. The van der Waals surface area contributed by atoms with Crippen molar-refractivity contribution >= 4 is 11.6 Å². The number of piperidine rings is 1. The van der Waals surface area contributed by atoms with E-state index in [0.29, 0.717) is 17.5 Å². The zero-order valence-electron chi connectivity index (χ0n) is 18.3. The molecule has 0 spiro atoms. The number of amides is 1. The third-order valence-electron chi connectivity index (χ3n) is 6.74. The first kappa shape index (κ1) is 21.6. The predicted octanol–water partition coefficient (Wildman–Crippen LogP) is 3.89. The summed E-state index contributed by atoms with van der Waals surface area (Å²) in [7, 11) is 0. The molecule has 0 bridgehead atoms. The fourth-order valence-corrected chi connectivity index (χ4v) is 4.82. The quantitative estimate of drug-likeness (QED) is 0.778. The van der Waals surface area contributed by atoms with Crippen LogP contribution in [0.15, 0.2) is 24.3 Å². The summed E-state index contributed by atoms with van der Waals surface area (Å²) in [6, 6.07) is 11.2.